The molecule has 1 aliphatic heterocycles. The van der Waals surface area contributed by atoms with E-state index in [0.717, 1.165) is 65.4 Å². The number of nitrogens with zero attached hydrogens (tertiary/aromatic N) is 6. The lowest BCUT2D eigenvalue weighted by atomic mass is 9.96. The summed E-state index contributed by atoms with van der Waals surface area (Å²) in [4.78, 5) is 34.0. The highest BCUT2D eigenvalue weighted by Gasteiger charge is 2.29. The molecule has 2 fully saturated rings. The lowest BCUT2D eigenvalue weighted by Gasteiger charge is -2.41. The van der Waals surface area contributed by atoms with Gasteiger partial charge in [-0.1, -0.05) is 19.8 Å². The largest absolute Gasteiger partial charge is 0.395 e. The molecule has 5 rings (SSSR count). The summed E-state index contributed by atoms with van der Waals surface area (Å²) in [5.74, 6) is 1.57. The summed E-state index contributed by atoms with van der Waals surface area (Å²) in [6, 6.07) is 4.13. The molecule has 10 heteroatoms. The van der Waals surface area contributed by atoms with E-state index in [0.29, 0.717) is 17.7 Å². The van der Waals surface area contributed by atoms with E-state index in [1.54, 1.807) is 19.0 Å². The molecule has 36 heavy (non-hydrogen) atoms. The number of aliphatic hydroxyl groups is 1. The van der Waals surface area contributed by atoms with Gasteiger partial charge in [-0.2, -0.15) is 0 Å². The van der Waals surface area contributed by atoms with Crippen LogP contribution >= 0.6 is 11.3 Å². The number of carbonyl (C=O) groups excluding carboxylic acids is 1. The maximum Gasteiger partial charge on any atom is 0.263 e. The number of likely N-dealkylation sites (N-methyl/N-ethyl adjacent to an activating group) is 1. The molecule has 9 nitrogen and oxygen atoms in total. The van der Waals surface area contributed by atoms with Crippen LogP contribution in [0.1, 0.15) is 53.8 Å². The molecule has 3 aromatic heterocycles. The second-order valence-electron chi connectivity index (χ2n) is 9.87. The maximum absolute atomic E-state index is 12.9. The molecule has 1 saturated heterocycles. The van der Waals surface area contributed by atoms with Crippen molar-refractivity contribution in [3.05, 3.63) is 35.0 Å². The van der Waals surface area contributed by atoms with Crippen LogP contribution in [0.2, 0.25) is 0 Å². The molecule has 1 amide bonds. The van der Waals surface area contributed by atoms with Gasteiger partial charge in [0.25, 0.3) is 5.91 Å². The van der Waals surface area contributed by atoms with Gasteiger partial charge in [-0.05, 0) is 37.4 Å². The first-order valence-electron chi connectivity index (χ1n) is 12.8. The molecule has 0 bridgehead atoms. The van der Waals surface area contributed by atoms with E-state index in [2.05, 4.69) is 32.0 Å². The van der Waals surface area contributed by atoms with Crippen LogP contribution in [0.15, 0.2) is 24.5 Å². The SMILES string of the molecule is CCN1CCN(c2ccc(Nc3ncc4sc(C(=O)N(C)C)c(C5CCCC5)c4n3)nc2)CC1CO. The predicted molar refractivity (Wildman–Crippen MR) is 144 cm³/mol. The quantitative estimate of drug-likeness (QED) is 0.498. The molecule has 3 aromatic rings. The number of carbonyl (C=O) groups is 1. The molecule has 0 aromatic carbocycles. The Labute approximate surface area is 216 Å². The molecule has 2 aliphatic rings. The standard InChI is InChI=1S/C26H35N7O2S/c1-4-32-11-12-33(15-19(32)16-34)18-9-10-21(27-13-18)29-26-28-14-20-23(30-26)22(17-7-5-6-8-17)24(36-20)25(35)31(2)3/h9-10,13-14,17,19,34H,4-8,11-12,15-16H2,1-3H3,(H,27,28,29,30). The van der Waals surface area contributed by atoms with Crippen LogP contribution in [0.5, 0.6) is 0 Å². The Hall–Kier alpha value is -2.82. The molecule has 0 spiro atoms. The van der Waals surface area contributed by atoms with Crippen LogP contribution in [-0.2, 0) is 0 Å². The number of amides is 1. The fourth-order valence-corrected chi connectivity index (χ4v) is 6.63. The van der Waals surface area contributed by atoms with Crippen molar-refractivity contribution < 1.29 is 9.90 Å². The Morgan fingerprint density at radius 1 is 1.19 bits per heavy atom. The highest BCUT2D eigenvalue weighted by Crippen LogP contribution is 2.43. The number of anilines is 3. The van der Waals surface area contributed by atoms with Gasteiger partial charge in [0.1, 0.15) is 5.82 Å². The number of hydrogen-bond acceptors (Lipinski definition) is 9. The molecule has 2 N–H and O–H groups in total. The van der Waals surface area contributed by atoms with Gasteiger partial charge in [-0.3, -0.25) is 9.69 Å². The lowest BCUT2D eigenvalue weighted by molar-refractivity contribution is 0.0831. The number of piperazine rings is 1. The summed E-state index contributed by atoms with van der Waals surface area (Å²) in [6.45, 7) is 5.86. The van der Waals surface area contributed by atoms with E-state index in [4.69, 9.17) is 4.98 Å². The van der Waals surface area contributed by atoms with Gasteiger partial charge in [0, 0.05) is 39.3 Å². The number of thiophene rings is 1. The van der Waals surface area contributed by atoms with Crippen molar-refractivity contribution >= 4 is 44.9 Å². The highest BCUT2D eigenvalue weighted by atomic mass is 32.1. The molecular formula is C26H35N7O2S. The Balaban J connectivity index is 1.37. The minimum Gasteiger partial charge on any atom is -0.395 e. The first-order chi connectivity index (χ1) is 17.5. The zero-order valence-corrected chi connectivity index (χ0v) is 22.1. The zero-order valence-electron chi connectivity index (χ0n) is 21.3. The second kappa shape index (κ2) is 10.7. The molecule has 1 atom stereocenters. The normalized spacial score (nSPS) is 19.2. The van der Waals surface area contributed by atoms with E-state index in [9.17, 15) is 9.90 Å². The topological polar surface area (TPSA) is 97.7 Å². The number of rotatable bonds is 7. The van der Waals surface area contributed by atoms with Crippen LogP contribution in [0.4, 0.5) is 17.5 Å². The van der Waals surface area contributed by atoms with Gasteiger partial charge in [0.2, 0.25) is 5.95 Å². The first kappa shape index (κ1) is 24.9. The summed E-state index contributed by atoms with van der Waals surface area (Å²) in [5, 5.41) is 13.0. The van der Waals surface area contributed by atoms with E-state index in [1.165, 1.54) is 24.2 Å². The van der Waals surface area contributed by atoms with Gasteiger partial charge in [-0.25, -0.2) is 15.0 Å². The third kappa shape index (κ3) is 4.89. The van der Waals surface area contributed by atoms with E-state index >= 15 is 0 Å². The van der Waals surface area contributed by atoms with Gasteiger partial charge >= 0.3 is 0 Å². The maximum atomic E-state index is 12.9. The van der Waals surface area contributed by atoms with E-state index in [1.807, 2.05) is 24.5 Å². The van der Waals surface area contributed by atoms with Crippen LogP contribution < -0.4 is 10.2 Å². The fourth-order valence-electron chi connectivity index (χ4n) is 5.40. The minimum atomic E-state index is 0.0369. The van der Waals surface area contributed by atoms with Crippen molar-refractivity contribution in [2.45, 2.75) is 44.6 Å². The van der Waals surface area contributed by atoms with Crippen molar-refractivity contribution in [3.8, 4) is 0 Å². The summed E-state index contributed by atoms with van der Waals surface area (Å²) < 4.78 is 0.945. The van der Waals surface area contributed by atoms with Crippen LogP contribution in [-0.4, -0.2) is 88.7 Å². The van der Waals surface area contributed by atoms with Crippen molar-refractivity contribution in [2.24, 2.45) is 0 Å². The van der Waals surface area contributed by atoms with Gasteiger partial charge < -0.3 is 20.2 Å². The number of fused-ring (bicyclic) bond motifs is 1. The number of pyridine rings is 1. The summed E-state index contributed by atoms with van der Waals surface area (Å²) in [5.41, 5.74) is 3.01. The van der Waals surface area contributed by atoms with Crippen molar-refractivity contribution in [1.82, 2.24) is 24.8 Å². The average Bonchev–Trinajstić information content (AvgIpc) is 3.56. The molecule has 1 aliphatic carbocycles. The average molecular weight is 510 g/mol. The lowest BCUT2D eigenvalue weighted by Crippen LogP contribution is -2.54. The van der Waals surface area contributed by atoms with Crippen LogP contribution in [0.25, 0.3) is 10.2 Å². The van der Waals surface area contributed by atoms with Gasteiger partial charge in [-0.15, -0.1) is 11.3 Å². The Morgan fingerprint density at radius 3 is 2.67 bits per heavy atom. The summed E-state index contributed by atoms with van der Waals surface area (Å²) in [6.07, 6.45) is 8.25. The third-order valence-corrected chi connectivity index (χ3v) is 8.52. The molecule has 1 unspecified atom stereocenters. The Bertz CT molecular complexity index is 1210. The van der Waals surface area contributed by atoms with E-state index < -0.39 is 0 Å². The van der Waals surface area contributed by atoms with Gasteiger partial charge in [0.15, 0.2) is 0 Å². The minimum absolute atomic E-state index is 0.0369. The van der Waals surface area contributed by atoms with Crippen LogP contribution in [0, 0.1) is 0 Å². The Morgan fingerprint density at radius 2 is 2.00 bits per heavy atom. The van der Waals surface area contributed by atoms with Gasteiger partial charge in [0.05, 0.1) is 45.8 Å². The van der Waals surface area contributed by atoms with Crippen molar-refractivity contribution in [2.75, 3.05) is 57.1 Å². The van der Waals surface area contributed by atoms with Crippen molar-refractivity contribution in [1.29, 1.82) is 0 Å². The number of aliphatic hydroxyl groups excluding tert-OH is 1. The predicted octanol–water partition coefficient (Wildman–Crippen LogP) is 3.69. The molecular weight excluding hydrogens is 474 g/mol. The third-order valence-electron chi connectivity index (χ3n) is 7.41. The number of nitrogens with one attached hydrogen (secondary N) is 1. The molecule has 192 valence electrons. The summed E-state index contributed by atoms with van der Waals surface area (Å²) >= 11 is 1.50. The number of hydrogen-bond donors (Lipinski definition) is 2. The van der Waals surface area contributed by atoms with Crippen LogP contribution in [0.3, 0.4) is 0 Å². The number of aromatic nitrogens is 3. The van der Waals surface area contributed by atoms with E-state index in [-0.39, 0.29) is 18.6 Å². The molecule has 0 radical (unpaired) electrons. The molecule has 1 saturated carbocycles. The monoisotopic (exact) mass is 509 g/mol. The first-order valence-corrected chi connectivity index (χ1v) is 13.6. The summed E-state index contributed by atoms with van der Waals surface area (Å²) in [7, 11) is 3.60. The second-order valence-corrected chi connectivity index (χ2v) is 10.9. The Kier molecular flexibility index (Phi) is 7.36. The zero-order chi connectivity index (χ0) is 25.2. The fraction of sp³-hybridized carbons (Fsp3) is 0.538. The smallest absolute Gasteiger partial charge is 0.263 e. The van der Waals surface area contributed by atoms with Crippen molar-refractivity contribution in [3.63, 3.8) is 0 Å². The highest BCUT2D eigenvalue weighted by molar-refractivity contribution is 7.21. The molecule has 4 heterocycles.